The molecule has 1 amide bonds. The van der Waals surface area contributed by atoms with Gasteiger partial charge in [-0.1, -0.05) is 18.7 Å². The van der Waals surface area contributed by atoms with Gasteiger partial charge in [-0.2, -0.15) is 0 Å². The van der Waals surface area contributed by atoms with E-state index in [1.165, 1.54) is 11.0 Å². The van der Waals surface area contributed by atoms with Gasteiger partial charge in [0, 0.05) is 6.54 Å². The fourth-order valence-electron chi connectivity index (χ4n) is 0.486. The van der Waals surface area contributed by atoms with E-state index in [1.807, 2.05) is 0 Å². The quantitative estimate of drug-likeness (QED) is 0.331. The third-order valence-electron chi connectivity index (χ3n) is 1.04. The van der Waals surface area contributed by atoms with Crippen LogP contribution in [0.15, 0.2) is 25.3 Å². The predicted octanol–water partition coefficient (Wildman–Crippen LogP) is 0.0124. The summed E-state index contributed by atoms with van der Waals surface area (Å²) in [6, 6.07) is 0. The molecule has 0 rings (SSSR count). The molecule has 3 nitrogen and oxygen atoms in total. The first-order valence-electron chi connectivity index (χ1n) is 2.89. The number of amides is 1. The zero-order chi connectivity index (χ0) is 7.98. The Morgan fingerprint density at radius 2 is 2.30 bits per heavy atom. The van der Waals surface area contributed by atoms with Crippen molar-refractivity contribution in [3.63, 3.8) is 0 Å². The lowest BCUT2D eigenvalue weighted by Gasteiger charge is -2.18. The highest BCUT2D eigenvalue weighted by atomic mass is 16.1. The monoisotopic (exact) mass is 139 g/mol. The van der Waals surface area contributed by atoms with E-state index in [1.54, 1.807) is 12.5 Å². The molecule has 10 heavy (non-hydrogen) atoms. The molecule has 1 unspecified atom stereocenters. The van der Waals surface area contributed by atoms with Gasteiger partial charge in [-0.05, 0) is 0 Å². The molecule has 0 aliphatic carbocycles. The summed E-state index contributed by atoms with van der Waals surface area (Å²) in [5.74, 6) is 0. The lowest BCUT2D eigenvalue weighted by atomic mass is 10.4. The van der Waals surface area contributed by atoms with Gasteiger partial charge in [0.05, 0.1) is 6.17 Å². The summed E-state index contributed by atoms with van der Waals surface area (Å²) in [5, 5.41) is 0. The van der Waals surface area contributed by atoms with Gasteiger partial charge >= 0.3 is 6.41 Å². The van der Waals surface area contributed by atoms with Crippen LogP contribution < -0.4 is 5.73 Å². The van der Waals surface area contributed by atoms with Crippen molar-refractivity contribution in [3.05, 3.63) is 25.3 Å². The first-order valence-corrected chi connectivity index (χ1v) is 2.89. The fourth-order valence-corrected chi connectivity index (χ4v) is 0.486. The zero-order valence-corrected chi connectivity index (χ0v) is 5.79. The molecular weight excluding hydrogens is 128 g/mol. The van der Waals surface area contributed by atoms with E-state index in [9.17, 15) is 4.79 Å². The van der Waals surface area contributed by atoms with Crippen molar-refractivity contribution in [2.75, 3.05) is 6.54 Å². The van der Waals surface area contributed by atoms with E-state index < -0.39 is 6.17 Å². The Morgan fingerprint density at radius 1 is 1.70 bits per heavy atom. The van der Waals surface area contributed by atoms with Crippen LogP contribution >= 0.6 is 0 Å². The third kappa shape index (κ3) is 2.46. The molecular formula is C7H11N2O. The molecule has 0 bridgehead atoms. The molecule has 2 N–H and O–H groups in total. The topological polar surface area (TPSA) is 46.3 Å². The van der Waals surface area contributed by atoms with E-state index >= 15 is 0 Å². The van der Waals surface area contributed by atoms with E-state index in [2.05, 4.69) is 13.2 Å². The second kappa shape index (κ2) is 4.76. The van der Waals surface area contributed by atoms with Gasteiger partial charge in [-0.3, -0.25) is 4.79 Å². The molecule has 0 saturated carbocycles. The molecule has 0 heterocycles. The lowest BCUT2D eigenvalue weighted by molar-refractivity contribution is 0.365. The fraction of sp³-hybridized carbons (Fsp3) is 0.286. The van der Waals surface area contributed by atoms with Crippen LogP contribution in [-0.4, -0.2) is 24.0 Å². The summed E-state index contributed by atoms with van der Waals surface area (Å²) < 4.78 is 0. The van der Waals surface area contributed by atoms with Crippen molar-refractivity contribution in [2.45, 2.75) is 6.17 Å². The molecule has 0 aromatic heterocycles. The standard InChI is InChI=1S/C7H11N2O/c1-3-5-9(6-10)7(8)4-2/h3-4,7H,1-2,5,8H2. The van der Waals surface area contributed by atoms with Gasteiger partial charge in [0.15, 0.2) is 0 Å². The molecule has 1 radical (unpaired) electrons. The minimum atomic E-state index is -0.463. The van der Waals surface area contributed by atoms with Gasteiger partial charge in [-0.25, -0.2) is 0 Å². The van der Waals surface area contributed by atoms with E-state index in [0.717, 1.165) is 0 Å². The number of hydrogen-bond donors (Lipinski definition) is 1. The van der Waals surface area contributed by atoms with Crippen LogP contribution in [0.5, 0.6) is 0 Å². The predicted molar refractivity (Wildman–Crippen MR) is 40.8 cm³/mol. The van der Waals surface area contributed by atoms with Crippen LogP contribution in [0, 0.1) is 0 Å². The summed E-state index contributed by atoms with van der Waals surface area (Å²) >= 11 is 0. The normalized spacial score (nSPS) is 11.7. The average Bonchev–Trinajstić information content (AvgIpc) is 1.99. The van der Waals surface area contributed by atoms with E-state index in [4.69, 9.17) is 5.73 Å². The second-order valence-electron chi connectivity index (χ2n) is 1.76. The van der Waals surface area contributed by atoms with Crippen molar-refractivity contribution in [1.82, 2.24) is 4.90 Å². The van der Waals surface area contributed by atoms with Gasteiger partial charge in [0.1, 0.15) is 0 Å². The zero-order valence-electron chi connectivity index (χ0n) is 5.79. The van der Waals surface area contributed by atoms with Crippen LogP contribution in [0.1, 0.15) is 0 Å². The summed E-state index contributed by atoms with van der Waals surface area (Å²) in [5.41, 5.74) is 5.41. The number of nitrogens with zero attached hydrogens (tertiary/aromatic N) is 1. The van der Waals surface area contributed by atoms with Crippen LogP contribution in [0.4, 0.5) is 0 Å². The van der Waals surface area contributed by atoms with Crippen molar-refractivity contribution in [1.29, 1.82) is 0 Å². The molecule has 0 spiro atoms. The van der Waals surface area contributed by atoms with Gasteiger partial charge in [-0.15, -0.1) is 6.58 Å². The number of nitrogens with two attached hydrogens (primary N) is 1. The Balaban J connectivity index is 3.90. The van der Waals surface area contributed by atoms with Crippen molar-refractivity contribution in [3.8, 4) is 0 Å². The second-order valence-corrected chi connectivity index (χ2v) is 1.76. The summed E-state index contributed by atoms with van der Waals surface area (Å²) in [4.78, 5) is 11.4. The molecule has 0 aromatic rings. The highest BCUT2D eigenvalue weighted by Gasteiger charge is 2.05. The third-order valence-corrected chi connectivity index (χ3v) is 1.04. The average molecular weight is 139 g/mol. The van der Waals surface area contributed by atoms with Crippen LogP contribution in [0.3, 0.4) is 0 Å². The maximum Gasteiger partial charge on any atom is 0.313 e. The Hall–Kier alpha value is -1.09. The largest absolute Gasteiger partial charge is 0.313 e. The highest BCUT2D eigenvalue weighted by molar-refractivity contribution is 5.49. The van der Waals surface area contributed by atoms with Crippen molar-refractivity contribution >= 4 is 6.41 Å². The summed E-state index contributed by atoms with van der Waals surface area (Å²) in [6.07, 6.45) is 4.25. The molecule has 55 valence electrons. The maximum absolute atomic E-state index is 10.1. The Bertz CT molecular complexity index is 134. The van der Waals surface area contributed by atoms with Crippen LogP contribution in [0.25, 0.3) is 0 Å². The first kappa shape index (κ1) is 8.91. The lowest BCUT2D eigenvalue weighted by Crippen LogP contribution is -2.39. The highest BCUT2D eigenvalue weighted by Crippen LogP contribution is 1.89. The smallest absolute Gasteiger partial charge is 0.312 e. The molecule has 0 aliphatic heterocycles. The Morgan fingerprint density at radius 3 is 2.60 bits per heavy atom. The molecule has 0 saturated heterocycles. The van der Waals surface area contributed by atoms with Crippen LogP contribution in [0.2, 0.25) is 0 Å². The Labute approximate surface area is 60.8 Å². The molecule has 0 fully saturated rings. The summed E-state index contributed by atoms with van der Waals surface area (Å²) in [7, 11) is 0. The number of rotatable bonds is 5. The summed E-state index contributed by atoms with van der Waals surface area (Å²) in [6.45, 7) is 7.29. The minimum absolute atomic E-state index is 0.399. The minimum Gasteiger partial charge on any atom is -0.312 e. The molecule has 0 aromatic carbocycles. The van der Waals surface area contributed by atoms with E-state index in [-0.39, 0.29) is 0 Å². The van der Waals surface area contributed by atoms with Gasteiger partial charge < -0.3 is 10.6 Å². The van der Waals surface area contributed by atoms with Gasteiger partial charge in [0.2, 0.25) is 0 Å². The first-order chi connectivity index (χ1) is 4.76. The van der Waals surface area contributed by atoms with Gasteiger partial charge in [0.25, 0.3) is 0 Å². The Kier molecular flexibility index (Phi) is 4.24. The SMILES string of the molecule is C=CCN([C]=O)C(N)C=C. The number of carbonyl (C=O) groups excluding carboxylic acids is 1. The molecule has 1 atom stereocenters. The number of hydrogen-bond acceptors (Lipinski definition) is 2. The van der Waals surface area contributed by atoms with Crippen molar-refractivity contribution < 1.29 is 4.79 Å². The van der Waals surface area contributed by atoms with E-state index in [0.29, 0.717) is 6.54 Å². The van der Waals surface area contributed by atoms with Crippen molar-refractivity contribution in [2.24, 2.45) is 5.73 Å². The molecule has 3 heteroatoms. The van der Waals surface area contributed by atoms with Crippen LogP contribution in [-0.2, 0) is 4.79 Å². The molecule has 0 aliphatic rings. The maximum atomic E-state index is 10.1.